The number of carbonyl (C=O) groups is 1. The van der Waals surface area contributed by atoms with Crippen molar-refractivity contribution in [1.29, 1.82) is 0 Å². The lowest BCUT2D eigenvalue weighted by Crippen LogP contribution is -2.42. The van der Waals surface area contributed by atoms with Crippen molar-refractivity contribution in [3.8, 4) is 11.5 Å². The van der Waals surface area contributed by atoms with Gasteiger partial charge in [0.1, 0.15) is 5.76 Å². The maximum absolute atomic E-state index is 12.9. The molecule has 2 unspecified atom stereocenters. The van der Waals surface area contributed by atoms with Crippen LogP contribution in [0.15, 0.2) is 34.7 Å². The number of oxazole rings is 1. The number of aromatic nitrogens is 1. The second-order valence-corrected chi connectivity index (χ2v) is 6.73. The molecule has 4 nitrogen and oxygen atoms in total. The molecule has 7 heteroatoms. The summed E-state index contributed by atoms with van der Waals surface area (Å²) in [5.74, 6) is -0.689. The molecule has 0 bridgehead atoms. The monoisotopic (exact) mass is 366 g/mol. The van der Waals surface area contributed by atoms with Gasteiger partial charge in [0, 0.05) is 11.6 Å². The fourth-order valence-corrected chi connectivity index (χ4v) is 3.35. The third-order valence-electron chi connectivity index (χ3n) is 4.74. The van der Waals surface area contributed by atoms with Gasteiger partial charge in [0.25, 0.3) is 0 Å². The molecule has 0 aliphatic heterocycles. The zero-order valence-electron chi connectivity index (χ0n) is 14.5. The van der Waals surface area contributed by atoms with Crippen molar-refractivity contribution in [1.82, 2.24) is 10.3 Å². The van der Waals surface area contributed by atoms with Crippen molar-refractivity contribution in [2.75, 3.05) is 0 Å². The van der Waals surface area contributed by atoms with E-state index in [1.807, 2.05) is 30.3 Å². The van der Waals surface area contributed by atoms with Crippen LogP contribution in [-0.2, 0) is 11.2 Å². The molecule has 3 rings (SSSR count). The minimum Gasteiger partial charge on any atom is -0.441 e. The van der Waals surface area contributed by atoms with E-state index < -0.39 is 18.1 Å². The number of amides is 1. The lowest BCUT2D eigenvalue weighted by Gasteiger charge is -2.31. The van der Waals surface area contributed by atoms with Gasteiger partial charge < -0.3 is 9.73 Å². The van der Waals surface area contributed by atoms with Crippen LogP contribution in [-0.4, -0.2) is 23.1 Å². The van der Waals surface area contributed by atoms with Crippen LogP contribution < -0.4 is 5.32 Å². The van der Waals surface area contributed by atoms with Gasteiger partial charge >= 0.3 is 6.18 Å². The molecule has 1 aromatic carbocycles. The number of rotatable bonds is 4. The first-order valence-corrected chi connectivity index (χ1v) is 8.70. The van der Waals surface area contributed by atoms with Gasteiger partial charge in [-0.2, -0.15) is 13.2 Å². The summed E-state index contributed by atoms with van der Waals surface area (Å²) in [6.07, 6.45) is -3.07. The Kier molecular flexibility index (Phi) is 5.34. The SMILES string of the molecule is Cc1oc(-c2ccccc2)nc1CC(=O)NC1CCCC(C(F)(F)F)C1. The second kappa shape index (κ2) is 7.51. The summed E-state index contributed by atoms with van der Waals surface area (Å²) in [5.41, 5.74) is 1.31. The lowest BCUT2D eigenvalue weighted by atomic mass is 9.85. The van der Waals surface area contributed by atoms with E-state index in [0.717, 1.165) is 5.56 Å². The first-order chi connectivity index (χ1) is 12.3. The summed E-state index contributed by atoms with van der Waals surface area (Å²) < 4.78 is 44.3. The highest BCUT2D eigenvalue weighted by Gasteiger charge is 2.42. The van der Waals surface area contributed by atoms with Crippen molar-refractivity contribution in [2.45, 2.75) is 51.2 Å². The maximum atomic E-state index is 12.9. The zero-order valence-corrected chi connectivity index (χ0v) is 14.5. The van der Waals surface area contributed by atoms with Crippen LogP contribution in [0.1, 0.15) is 37.1 Å². The number of benzene rings is 1. The van der Waals surface area contributed by atoms with Crippen molar-refractivity contribution < 1.29 is 22.4 Å². The summed E-state index contributed by atoms with van der Waals surface area (Å²) in [7, 11) is 0. The molecule has 26 heavy (non-hydrogen) atoms. The Morgan fingerprint density at radius 1 is 1.27 bits per heavy atom. The van der Waals surface area contributed by atoms with E-state index >= 15 is 0 Å². The first-order valence-electron chi connectivity index (χ1n) is 8.70. The summed E-state index contributed by atoms with van der Waals surface area (Å²) in [6, 6.07) is 8.88. The van der Waals surface area contributed by atoms with Gasteiger partial charge in [-0.15, -0.1) is 0 Å². The molecule has 1 aromatic heterocycles. The molecule has 140 valence electrons. The van der Waals surface area contributed by atoms with Crippen LogP contribution in [0.25, 0.3) is 11.5 Å². The molecular weight excluding hydrogens is 345 g/mol. The number of aryl methyl sites for hydroxylation is 1. The number of alkyl halides is 3. The van der Waals surface area contributed by atoms with E-state index in [1.54, 1.807) is 6.92 Å². The van der Waals surface area contributed by atoms with Crippen LogP contribution >= 0.6 is 0 Å². The van der Waals surface area contributed by atoms with Crippen LogP contribution in [0.4, 0.5) is 13.2 Å². The Bertz CT molecular complexity index is 756. The smallest absolute Gasteiger partial charge is 0.391 e. The van der Waals surface area contributed by atoms with E-state index in [1.165, 1.54) is 0 Å². The van der Waals surface area contributed by atoms with Gasteiger partial charge in [0.15, 0.2) is 0 Å². The molecule has 1 N–H and O–H groups in total. The Hall–Kier alpha value is -2.31. The van der Waals surface area contributed by atoms with Gasteiger partial charge in [0.05, 0.1) is 18.0 Å². The molecule has 0 spiro atoms. The minimum atomic E-state index is -4.20. The summed E-state index contributed by atoms with van der Waals surface area (Å²) >= 11 is 0. The predicted octanol–water partition coefficient (Wildman–Crippen LogP) is 4.43. The summed E-state index contributed by atoms with van der Waals surface area (Å²) in [5, 5.41) is 2.73. The van der Waals surface area contributed by atoms with E-state index in [0.29, 0.717) is 30.2 Å². The van der Waals surface area contributed by atoms with E-state index in [2.05, 4.69) is 10.3 Å². The normalized spacial score (nSPS) is 20.8. The molecule has 0 radical (unpaired) electrons. The average Bonchev–Trinajstić information content (AvgIpc) is 2.96. The van der Waals surface area contributed by atoms with Gasteiger partial charge in [-0.25, -0.2) is 4.98 Å². The highest BCUT2D eigenvalue weighted by Crippen LogP contribution is 2.37. The second-order valence-electron chi connectivity index (χ2n) is 6.73. The first kappa shape index (κ1) is 18.5. The quantitative estimate of drug-likeness (QED) is 0.871. The third-order valence-corrected chi connectivity index (χ3v) is 4.74. The molecule has 1 saturated carbocycles. The van der Waals surface area contributed by atoms with Crippen molar-refractivity contribution in [2.24, 2.45) is 5.92 Å². The minimum absolute atomic E-state index is 0.00461. The highest BCUT2D eigenvalue weighted by atomic mass is 19.4. The Morgan fingerprint density at radius 3 is 2.69 bits per heavy atom. The fraction of sp³-hybridized carbons (Fsp3) is 0.474. The topological polar surface area (TPSA) is 55.1 Å². The van der Waals surface area contributed by atoms with Gasteiger partial charge in [0.2, 0.25) is 11.8 Å². The van der Waals surface area contributed by atoms with E-state index in [9.17, 15) is 18.0 Å². The summed E-state index contributed by atoms with van der Waals surface area (Å²) in [4.78, 5) is 16.6. The standard InChI is InChI=1S/C19H21F3N2O2/c1-12-16(24-18(26-12)13-6-3-2-4-7-13)11-17(25)23-15-9-5-8-14(10-15)19(20,21)22/h2-4,6-7,14-15H,5,8-11H2,1H3,(H,23,25). The lowest BCUT2D eigenvalue weighted by molar-refractivity contribution is -0.184. The molecule has 1 aliphatic rings. The molecule has 1 amide bonds. The molecule has 1 aliphatic carbocycles. The van der Waals surface area contributed by atoms with Crippen molar-refractivity contribution in [3.05, 3.63) is 41.8 Å². The average molecular weight is 366 g/mol. The van der Waals surface area contributed by atoms with Crippen molar-refractivity contribution in [3.63, 3.8) is 0 Å². The van der Waals surface area contributed by atoms with Gasteiger partial charge in [-0.1, -0.05) is 24.6 Å². The number of carbonyl (C=O) groups excluding carboxylic acids is 1. The Labute approximate surface area is 149 Å². The molecule has 2 atom stereocenters. The van der Waals surface area contributed by atoms with Crippen LogP contribution in [0, 0.1) is 12.8 Å². The molecule has 0 saturated heterocycles. The Balaban J connectivity index is 1.61. The third kappa shape index (κ3) is 4.45. The van der Waals surface area contributed by atoms with E-state index in [4.69, 9.17) is 4.42 Å². The van der Waals surface area contributed by atoms with Gasteiger partial charge in [-0.05, 0) is 38.3 Å². The predicted molar refractivity (Wildman–Crippen MR) is 90.3 cm³/mol. The Morgan fingerprint density at radius 2 is 2.00 bits per heavy atom. The van der Waals surface area contributed by atoms with Crippen LogP contribution in [0.2, 0.25) is 0 Å². The highest BCUT2D eigenvalue weighted by molar-refractivity contribution is 5.78. The maximum Gasteiger partial charge on any atom is 0.391 e. The van der Waals surface area contributed by atoms with Crippen LogP contribution in [0.3, 0.4) is 0 Å². The summed E-state index contributed by atoms with van der Waals surface area (Å²) in [6.45, 7) is 1.72. The number of hydrogen-bond donors (Lipinski definition) is 1. The van der Waals surface area contributed by atoms with Gasteiger partial charge in [-0.3, -0.25) is 4.79 Å². The van der Waals surface area contributed by atoms with Crippen molar-refractivity contribution >= 4 is 5.91 Å². The molecular formula is C19H21F3N2O2. The molecule has 1 fully saturated rings. The molecule has 1 heterocycles. The molecule has 2 aromatic rings. The number of halogens is 3. The number of nitrogens with zero attached hydrogens (tertiary/aromatic N) is 1. The van der Waals surface area contributed by atoms with E-state index in [-0.39, 0.29) is 25.2 Å². The largest absolute Gasteiger partial charge is 0.441 e. The zero-order chi connectivity index (χ0) is 18.7. The number of nitrogens with one attached hydrogen (secondary N) is 1. The van der Waals surface area contributed by atoms with Crippen LogP contribution in [0.5, 0.6) is 0 Å². The fourth-order valence-electron chi connectivity index (χ4n) is 3.35. The number of hydrogen-bond acceptors (Lipinski definition) is 3.